The Morgan fingerprint density at radius 3 is 2.11 bits per heavy atom. The van der Waals surface area contributed by atoms with E-state index in [0.29, 0.717) is 29.8 Å². The van der Waals surface area contributed by atoms with Crippen LogP contribution < -0.4 is 5.32 Å². The van der Waals surface area contributed by atoms with Crippen LogP contribution in [0.3, 0.4) is 0 Å². The molecule has 4 heteroatoms. The van der Waals surface area contributed by atoms with E-state index in [-0.39, 0.29) is 5.41 Å². The number of sulfone groups is 1. The lowest BCUT2D eigenvalue weighted by molar-refractivity contribution is 0.199. The summed E-state index contributed by atoms with van der Waals surface area (Å²) in [6.45, 7) is 14.7. The summed E-state index contributed by atoms with van der Waals surface area (Å²) in [6.07, 6.45) is 1.46. The summed E-state index contributed by atoms with van der Waals surface area (Å²) >= 11 is 0. The topological polar surface area (TPSA) is 46.2 Å². The van der Waals surface area contributed by atoms with Crippen LogP contribution in [0.5, 0.6) is 0 Å². The lowest BCUT2D eigenvalue weighted by Gasteiger charge is -2.34. The van der Waals surface area contributed by atoms with Crippen LogP contribution in [0.2, 0.25) is 0 Å². The molecule has 0 aliphatic heterocycles. The average molecular weight is 292 g/mol. The molecule has 19 heavy (non-hydrogen) atoms. The van der Waals surface area contributed by atoms with E-state index >= 15 is 0 Å². The van der Waals surface area contributed by atoms with Crippen molar-refractivity contribution in [3.63, 3.8) is 0 Å². The first-order chi connectivity index (χ1) is 8.63. The molecule has 0 heterocycles. The highest BCUT2D eigenvalue weighted by molar-refractivity contribution is 7.91. The van der Waals surface area contributed by atoms with E-state index in [1.807, 2.05) is 6.92 Å². The third-order valence-corrected chi connectivity index (χ3v) is 5.83. The Bertz CT molecular complexity index is 336. The highest BCUT2D eigenvalue weighted by Gasteiger charge is 2.29. The van der Waals surface area contributed by atoms with E-state index in [1.165, 1.54) is 0 Å². The van der Waals surface area contributed by atoms with Crippen molar-refractivity contribution in [2.75, 3.05) is 24.6 Å². The first-order valence-corrected chi connectivity index (χ1v) is 9.36. The molecule has 0 spiro atoms. The molecule has 0 aromatic carbocycles. The van der Waals surface area contributed by atoms with Gasteiger partial charge in [0.15, 0.2) is 0 Å². The van der Waals surface area contributed by atoms with E-state index in [4.69, 9.17) is 0 Å². The van der Waals surface area contributed by atoms with Gasteiger partial charge in [0, 0.05) is 12.3 Å². The van der Waals surface area contributed by atoms with Crippen LogP contribution in [0, 0.1) is 17.3 Å². The van der Waals surface area contributed by atoms with Gasteiger partial charge in [-0.05, 0) is 36.6 Å². The summed E-state index contributed by atoms with van der Waals surface area (Å²) in [6, 6.07) is 0. The van der Waals surface area contributed by atoms with Crippen molar-refractivity contribution in [2.45, 2.75) is 54.4 Å². The van der Waals surface area contributed by atoms with Gasteiger partial charge in [-0.3, -0.25) is 0 Å². The van der Waals surface area contributed by atoms with Crippen molar-refractivity contribution in [3.8, 4) is 0 Å². The van der Waals surface area contributed by atoms with E-state index in [0.717, 1.165) is 19.5 Å². The Hall–Kier alpha value is -0.0900. The first kappa shape index (κ1) is 18.9. The molecule has 1 atom stereocenters. The van der Waals surface area contributed by atoms with Gasteiger partial charge in [-0.1, -0.05) is 41.5 Å². The van der Waals surface area contributed by atoms with E-state index in [1.54, 1.807) is 0 Å². The second-order valence-corrected chi connectivity index (χ2v) is 9.04. The van der Waals surface area contributed by atoms with Crippen molar-refractivity contribution >= 4 is 9.84 Å². The van der Waals surface area contributed by atoms with Gasteiger partial charge in [-0.15, -0.1) is 0 Å². The molecule has 0 aliphatic rings. The van der Waals surface area contributed by atoms with Crippen LogP contribution in [-0.4, -0.2) is 33.0 Å². The van der Waals surface area contributed by atoms with Gasteiger partial charge in [-0.25, -0.2) is 8.42 Å². The Morgan fingerprint density at radius 1 is 1.11 bits per heavy atom. The molecule has 0 bridgehead atoms. The molecule has 0 aromatic rings. The maximum atomic E-state index is 11.9. The fourth-order valence-electron chi connectivity index (χ4n) is 2.03. The lowest BCUT2D eigenvalue weighted by atomic mass is 9.76. The van der Waals surface area contributed by atoms with Gasteiger partial charge in [0.2, 0.25) is 0 Å². The molecule has 1 N–H and O–H groups in total. The van der Waals surface area contributed by atoms with Crippen LogP contribution in [0.25, 0.3) is 0 Å². The van der Waals surface area contributed by atoms with Gasteiger partial charge in [0.05, 0.1) is 5.75 Å². The third-order valence-electron chi connectivity index (χ3n) is 3.97. The van der Waals surface area contributed by atoms with E-state index in [2.05, 4.69) is 39.9 Å². The molecular formula is C15H33NO2S. The molecule has 0 rings (SSSR count). The maximum absolute atomic E-state index is 11.9. The normalized spacial score (nSPS) is 16.0. The number of hydrogen-bond acceptors (Lipinski definition) is 3. The Labute approximate surface area is 120 Å². The number of nitrogens with one attached hydrogen (secondary N) is 1. The van der Waals surface area contributed by atoms with Crippen molar-refractivity contribution in [3.05, 3.63) is 0 Å². The largest absolute Gasteiger partial charge is 0.316 e. The molecule has 0 amide bonds. The Kier molecular flexibility index (Phi) is 8.21. The first-order valence-electron chi connectivity index (χ1n) is 7.54. The Balaban J connectivity index is 4.46. The van der Waals surface area contributed by atoms with Crippen LogP contribution >= 0.6 is 0 Å². The van der Waals surface area contributed by atoms with Gasteiger partial charge in [-0.2, -0.15) is 0 Å². The highest BCUT2D eigenvalue weighted by atomic mass is 32.2. The average Bonchev–Trinajstić information content (AvgIpc) is 2.26. The second-order valence-electron chi connectivity index (χ2n) is 6.74. The minimum atomic E-state index is -2.87. The summed E-state index contributed by atoms with van der Waals surface area (Å²) in [5.74, 6) is 1.74. The summed E-state index contributed by atoms with van der Waals surface area (Å²) in [5.41, 5.74) is 0.0513. The summed E-state index contributed by atoms with van der Waals surface area (Å²) < 4.78 is 23.7. The minimum Gasteiger partial charge on any atom is -0.316 e. The standard InChI is InChI=1S/C15H33NO2S/c1-7-9-19(17,18)10-8-15(6,14(4)5)12-16-11-13(2)3/h13-14,16H,7-12H2,1-6H3. The molecule has 0 fully saturated rings. The van der Waals surface area contributed by atoms with Crippen molar-refractivity contribution in [1.82, 2.24) is 5.32 Å². The zero-order valence-corrected chi connectivity index (χ0v) is 14.4. The van der Waals surface area contributed by atoms with Gasteiger partial charge in [0.1, 0.15) is 9.84 Å². The summed E-state index contributed by atoms with van der Waals surface area (Å²) in [4.78, 5) is 0. The quantitative estimate of drug-likeness (QED) is 0.673. The summed E-state index contributed by atoms with van der Waals surface area (Å²) in [7, 11) is -2.87. The zero-order chi connectivity index (χ0) is 15.1. The van der Waals surface area contributed by atoms with Crippen molar-refractivity contribution < 1.29 is 8.42 Å². The van der Waals surface area contributed by atoms with E-state index < -0.39 is 9.84 Å². The predicted molar refractivity (Wildman–Crippen MR) is 84.2 cm³/mol. The fourth-order valence-corrected chi connectivity index (χ4v) is 3.63. The van der Waals surface area contributed by atoms with Crippen molar-refractivity contribution in [1.29, 1.82) is 0 Å². The Morgan fingerprint density at radius 2 is 1.68 bits per heavy atom. The highest BCUT2D eigenvalue weighted by Crippen LogP contribution is 2.31. The maximum Gasteiger partial charge on any atom is 0.150 e. The third kappa shape index (κ3) is 7.93. The number of rotatable bonds is 10. The molecule has 0 saturated heterocycles. The molecule has 3 nitrogen and oxygen atoms in total. The van der Waals surface area contributed by atoms with Crippen LogP contribution in [-0.2, 0) is 9.84 Å². The van der Waals surface area contributed by atoms with Gasteiger partial charge >= 0.3 is 0 Å². The van der Waals surface area contributed by atoms with Crippen molar-refractivity contribution in [2.24, 2.45) is 17.3 Å². The molecule has 0 aromatic heterocycles. The fraction of sp³-hybridized carbons (Fsp3) is 1.00. The molecule has 116 valence electrons. The zero-order valence-electron chi connectivity index (χ0n) is 13.6. The molecule has 0 saturated carbocycles. The molecule has 1 unspecified atom stereocenters. The predicted octanol–water partition coefficient (Wildman–Crippen LogP) is 3.11. The van der Waals surface area contributed by atoms with Crippen LogP contribution in [0.1, 0.15) is 54.4 Å². The van der Waals surface area contributed by atoms with Crippen LogP contribution in [0.4, 0.5) is 0 Å². The minimum absolute atomic E-state index is 0.0513. The van der Waals surface area contributed by atoms with E-state index in [9.17, 15) is 8.42 Å². The smallest absolute Gasteiger partial charge is 0.150 e. The number of hydrogen-bond donors (Lipinski definition) is 1. The SMILES string of the molecule is CCCS(=O)(=O)CCC(C)(CNCC(C)C)C(C)C. The van der Waals surface area contributed by atoms with Crippen LogP contribution in [0.15, 0.2) is 0 Å². The lowest BCUT2D eigenvalue weighted by Crippen LogP contribution is -2.39. The van der Waals surface area contributed by atoms with Gasteiger partial charge < -0.3 is 5.32 Å². The second kappa shape index (κ2) is 8.25. The molecule has 0 radical (unpaired) electrons. The molecule has 0 aliphatic carbocycles. The van der Waals surface area contributed by atoms with Gasteiger partial charge in [0.25, 0.3) is 0 Å². The monoisotopic (exact) mass is 291 g/mol. The summed E-state index contributed by atoms with van der Waals surface area (Å²) in [5, 5.41) is 3.48. The molecular weight excluding hydrogens is 258 g/mol.